The van der Waals surface area contributed by atoms with Gasteiger partial charge in [0.15, 0.2) is 0 Å². The Kier molecular flexibility index (Phi) is 4.17. The predicted octanol–water partition coefficient (Wildman–Crippen LogP) is 3.02. The smallest absolute Gasteiger partial charge is 0.140 e. The molecule has 0 radical (unpaired) electrons. The molecule has 2 rings (SSSR count). The molecule has 0 saturated heterocycles. The Hall–Kier alpha value is -1.59. The van der Waals surface area contributed by atoms with Gasteiger partial charge in [-0.25, -0.2) is 10.8 Å². The van der Waals surface area contributed by atoms with Crippen LogP contribution in [0.25, 0.3) is 0 Å². The highest BCUT2D eigenvalue weighted by Crippen LogP contribution is 2.26. The molecule has 0 fully saturated rings. The monoisotopic (exact) mass is 307 g/mol. The second-order valence-electron chi connectivity index (χ2n) is 3.92. The SMILES string of the molecule is Cc1ccc(OCc2ccnc(NN)c2)c(Br)c1. The molecule has 0 aliphatic carbocycles. The van der Waals surface area contributed by atoms with Gasteiger partial charge in [-0.15, -0.1) is 0 Å². The van der Waals surface area contributed by atoms with Gasteiger partial charge in [0.1, 0.15) is 18.2 Å². The number of rotatable bonds is 4. The zero-order chi connectivity index (χ0) is 13.0. The molecule has 3 N–H and O–H groups in total. The molecule has 94 valence electrons. The van der Waals surface area contributed by atoms with E-state index in [1.54, 1.807) is 6.20 Å². The van der Waals surface area contributed by atoms with E-state index in [0.717, 1.165) is 15.8 Å². The van der Waals surface area contributed by atoms with Gasteiger partial charge in [-0.3, -0.25) is 0 Å². The molecule has 1 aromatic heterocycles. The second-order valence-corrected chi connectivity index (χ2v) is 4.77. The summed E-state index contributed by atoms with van der Waals surface area (Å²) >= 11 is 3.48. The van der Waals surface area contributed by atoms with E-state index in [1.807, 2.05) is 37.3 Å². The molecule has 0 aliphatic heterocycles. The van der Waals surface area contributed by atoms with Gasteiger partial charge >= 0.3 is 0 Å². The Bertz CT molecular complexity index is 546. The van der Waals surface area contributed by atoms with Gasteiger partial charge in [-0.1, -0.05) is 6.07 Å². The van der Waals surface area contributed by atoms with Crippen molar-refractivity contribution in [1.29, 1.82) is 0 Å². The lowest BCUT2D eigenvalue weighted by atomic mass is 10.2. The standard InChI is InChI=1S/C13H14BrN3O/c1-9-2-3-12(11(14)6-9)18-8-10-4-5-16-13(7-10)17-15/h2-7H,8,15H2,1H3,(H,16,17). The van der Waals surface area contributed by atoms with Gasteiger partial charge in [-0.05, 0) is 58.2 Å². The van der Waals surface area contributed by atoms with E-state index in [2.05, 4.69) is 26.3 Å². The summed E-state index contributed by atoms with van der Waals surface area (Å²) in [6.07, 6.45) is 1.69. The lowest BCUT2D eigenvalue weighted by molar-refractivity contribution is 0.304. The lowest BCUT2D eigenvalue weighted by Crippen LogP contribution is -2.09. The predicted molar refractivity (Wildman–Crippen MR) is 75.3 cm³/mol. The fourth-order valence-corrected chi connectivity index (χ4v) is 2.13. The molecule has 5 heteroatoms. The summed E-state index contributed by atoms with van der Waals surface area (Å²) in [6.45, 7) is 2.51. The van der Waals surface area contributed by atoms with Gasteiger partial charge in [-0.2, -0.15) is 0 Å². The van der Waals surface area contributed by atoms with E-state index in [1.165, 1.54) is 5.56 Å². The van der Waals surface area contributed by atoms with Crippen LogP contribution in [0.5, 0.6) is 5.75 Å². The van der Waals surface area contributed by atoms with E-state index < -0.39 is 0 Å². The molecule has 0 unspecified atom stereocenters. The molecular weight excluding hydrogens is 294 g/mol. The van der Waals surface area contributed by atoms with Crippen LogP contribution in [0, 0.1) is 6.92 Å². The van der Waals surface area contributed by atoms with E-state index in [9.17, 15) is 0 Å². The molecule has 0 spiro atoms. The third kappa shape index (κ3) is 3.21. The van der Waals surface area contributed by atoms with Crippen LogP contribution in [-0.2, 0) is 6.61 Å². The number of anilines is 1. The Morgan fingerprint density at radius 3 is 2.89 bits per heavy atom. The number of hydrogen-bond acceptors (Lipinski definition) is 4. The van der Waals surface area contributed by atoms with Crippen molar-refractivity contribution in [2.24, 2.45) is 5.84 Å². The fraction of sp³-hybridized carbons (Fsp3) is 0.154. The number of nitrogen functional groups attached to an aromatic ring is 1. The van der Waals surface area contributed by atoms with E-state index in [-0.39, 0.29) is 0 Å². The molecule has 18 heavy (non-hydrogen) atoms. The summed E-state index contributed by atoms with van der Waals surface area (Å²) in [5, 5.41) is 0. The molecule has 4 nitrogen and oxygen atoms in total. The molecule has 0 bridgehead atoms. The zero-order valence-corrected chi connectivity index (χ0v) is 11.6. The number of ether oxygens (including phenoxy) is 1. The number of aryl methyl sites for hydroxylation is 1. The van der Waals surface area contributed by atoms with Crippen molar-refractivity contribution in [2.75, 3.05) is 5.43 Å². The van der Waals surface area contributed by atoms with Crippen molar-refractivity contribution >= 4 is 21.7 Å². The van der Waals surface area contributed by atoms with Crippen LogP contribution >= 0.6 is 15.9 Å². The molecule has 0 aliphatic rings. The quantitative estimate of drug-likeness (QED) is 0.673. The highest BCUT2D eigenvalue weighted by atomic mass is 79.9. The number of nitrogens with zero attached hydrogens (tertiary/aromatic N) is 1. The summed E-state index contributed by atoms with van der Waals surface area (Å²) in [6, 6.07) is 9.72. The first-order valence-electron chi connectivity index (χ1n) is 5.49. The average Bonchev–Trinajstić information content (AvgIpc) is 2.38. The van der Waals surface area contributed by atoms with Crippen molar-refractivity contribution in [1.82, 2.24) is 4.98 Å². The maximum atomic E-state index is 5.73. The molecular formula is C13H14BrN3O. The minimum Gasteiger partial charge on any atom is -0.488 e. The van der Waals surface area contributed by atoms with Crippen molar-refractivity contribution in [3.63, 3.8) is 0 Å². The summed E-state index contributed by atoms with van der Waals surface area (Å²) in [7, 11) is 0. The van der Waals surface area contributed by atoms with Crippen LogP contribution in [0.1, 0.15) is 11.1 Å². The van der Waals surface area contributed by atoms with Gasteiger partial charge < -0.3 is 10.2 Å². The summed E-state index contributed by atoms with van der Waals surface area (Å²) in [5.41, 5.74) is 4.70. The maximum absolute atomic E-state index is 5.73. The molecule has 0 atom stereocenters. The maximum Gasteiger partial charge on any atom is 0.140 e. The van der Waals surface area contributed by atoms with Gasteiger partial charge in [0.25, 0.3) is 0 Å². The first kappa shape index (κ1) is 12.9. The third-order valence-electron chi connectivity index (χ3n) is 2.45. The van der Waals surface area contributed by atoms with Crippen molar-refractivity contribution < 1.29 is 4.74 Å². The Morgan fingerprint density at radius 1 is 1.33 bits per heavy atom. The van der Waals surface area contributed by atoms with Crippen LogP contribution in [-0.4, -0.2) is 4.98 Å². The molecule has 0 amide bonds. The molecule has 2 aromatic rings. The van der Waals surface area contributed by atoms with Crippen LogP contribution in [0.15, 0.2) is 41.0 Å². The normalized spacial score (nSPS) is 10.2. The largest absolute Gasteiger partial charge is 0.488 e. The highest BCUT2D eigenvalue weighted by Gasteiger charge is 2.02. The third-order valence-corrected chi connectivity index (χ3v) is 3.07. The molecule has 1 aromatic carbocycles. The van der Waals surface area contributed by atoms with Crippen LogP contribution in [0.3, 0.4) is 0 Å². The summed E-state index contributed by atoms with van der Waals surface area (Å²) in [4.78, 5) is 4.04. The number of hydrogen-bond donors (Lipinski definition) is 2. The number of nitrogens with one attached hydrogen (secondary N) is 1. The van der Waals surface area contributed by atoms with Gasteiger partial charge in [0.2, 0.25) is 0 Å². The number of hydrazine groups is 1. The zero-order valence-electron chi connectivity index (χ0n) is 9.98. The Morgan fingerprint density at radius 2 is 2.17 bits per heavy atom. The first-order valence-corrected chi connectivity index (χ1v) is 6.29. The first-order chi connectivity index (χ1) is 8.69. The van der Waals surface area contributed by atoms with Crippen LogP contribution in [0.4, 0.5) is 5.82 Å². The summed E-state index contributed by atoms with van der Waals surface area (Å²) < 4.78 is 6.69. The van der Waals surface area contributed by atoms with Crippen LogP contribution in [0.2, 0.25) is 0 Å². The Labute approximate surface area is 114 Å². The lowest BCUT2D eigenvalue weighted by Gasteiger charge is -2.09. The fourth-order valence-electron chi connectivity index (χ4n) is 1.53. The minimum atomic E-state index is 0.471. The van der Waals surface area contributed by atoms with Gasteiger partial charge in [0, 0.05) is 6.20 Å². The topological polar surface area (TPSA) is 60.2 Å². The van der Waals surface area contributed by atoms with Crippen molar-refractivity contribution in [2.45, 2.75) is 13.5 Å². The van der Waals surface area contributed by atoms with Crippen LogP contribution < -0.4 is 16.0 Å². The minimum absolute atomic E-state index is 0.471. The number of halogens is 1. The van der Waals surface area contributed by atoms with E-state index >= 15 is 0 Å². The highest BCUT2D eigenvalue weighted by molar-refractivity contribution is 9.10. The summed E-state index contributed by atoms with van der Waals surface area (Å²) in [5.74, 6) is 6.75. The number of aromatic nitrogens is 1. The average molecular weight is 308 g/mol. The van der Waals surface area contributed by atoms with E-state index in [4.69, 9.17) is 10.6 Å². The number of benzene rings is 1. The Balaban J connectivity index is 2.06. The molecule has 1 heterocycles. The van der Waals surface area contributed by atoms with Crippen molar-refractivity contribution in [3.05, 3.63) is 52.1 Å². The second kappa shape index (κ2) is 5.84. The number of nitrogens with two attached hydrogens (primary N) is 1. The van der Waals surface area contributed by atoms with E-state index in [0.29, 0.717) is 12.4 Å². The molecule has 0 saturated carbocycles. The van der Waals surface area contributed by atoms with Gasteiger partial charge in [0.05, 0.1) is 4.47 Å². The number of pyridine rings is 1. The van der Waals surface area contributed by atoms with Crippen molar-refractivity contribution in [3.8, 4) is 5.75 Å².